The number of benzene rings is 1. The van der Waals surface area contributed by atoms with Gasteiger partial charge in [-0.1, -0.05) is 17.7 Å². The SMILES string of the molecule is Cc1ccnc(NC(=O)C(C)Oc2cc(C)ccc2Cl)c1. The van der Waals surface area contributed by atoms with Crippen LogP contribution in [-0.4, -0.2) is 17.0 Å². The molecule has 1 aromatic heterocycles. The van der Waals surface area contributed by atoms with Crippen LogP contribution >= 0.6 is 11.6 Å². The zero-order valence-corrected chi connectivity index (χ0v) is 12.9. The second-order valence-corrected chi connectivity index (χ2v) is 5.31. The number of halogens is 1. The van der Waals surface area contributed by atoms with E-state index in [9.17, 15) is 4.79 Å². The zero-order valence-electron chi connectivity index (χ0n) is 12.2. The molecule has 0 fully saturated rings. The Morgan fingerprint density at radius 2 is 1.95 bits per heavy atom. The number of anilines is 1. The van der Waals surface area contributed by atoms with Gasteiger partial charge in [0.2, 0.25) is 0 Å². The molecule has 0 spiro atoms. The van der Waals surface area contributed by atoms with E-state index in [1.165, 1.54) is 0 Å². The lowest BCUT2D eigenvalue weighted by molar-refractivity contribution is -0.122. The monoisotopic (exact) mass is 304 g/mol. The van der Waals surface area contributed by atoms with Crippen molar-refractivity contribution in [1.29, 1.82) is 0 Å². The fourth-order valence-corrected chi connectivity index (χ4v) is 1.94. The van der Waals surface area contributed by atoms with Gasteiger partial charge >= 0.3 is 0 Å². The highest BCUT2D eigenvalue weighted by Crippen LogP contribution is 2.26. The second-order valence-electron chi connectivity index (χ2n) is 4.90. The van der Waals surface area contributed by atoms with Gasteiger partial charge in [-0.3, -0.25) is 4.79 Å². The molecule has 21 heavy (non-hydrogen) atoms. The van der Waals surface area contributed by atoms with Crippen LogP contribution in [0.3, 0.4) is 0 Å². The fraction of sp³-hybridized carbons (Fsp3) is 0.250. The Labute approximate surface area is 129 Å². The quantitative estimate of drug-likeness (QED) is 0.935. The lowest BCUT2D eigenvalue weighted by Crippen LogP contribution is -2.30. The minimum atomic E-state index is -0.674. The Morgan fingerprint density at radius 3 is 2.67 bits per heavy atom. The number of rotatable bonds is 4. The highest BCUT2D eigenvalue weighted by molar-refractivity contribution is 6.32. The number of nitrogens with zero attached hydrogens (tertiary/aromatic N) is 1. The number of aromatic nitrogens is 1. The minimum absolute atomic E-state index is 0.273. The van der Waals surface area contributed by atoms with Gasteiger partial charge in [-0.05, 0) is 56.2 Å². The summed E-state index contributed by atoms with van der Waals surface area (Å²) in [7, 11) is 0. The van der Waals surface area contributed by atoms with Crippen molar-refractivity contribution in [3.63, 3.8) is 0 Å². The summed E-state index contributed by atoms with van der Waals surface area (Å²) in [6, 6.07) is 9.10. The number of ether oxygens (including phenoxy) is 1. The fourth-order valence-electron chi connectivity index (χ4n) is 1.78. The van der Waals surface area contributed by atoms with Crippen LogP contribution in [-0.2, 0) is 4.79 Å². The van der Waals surface area contributed by atoms with Crippen molar-refractivity contribution in [2.75, 3.05) is 5.32 Å². The van der Waals surface area contributed by atoms with Crippen molar-refractivity contribution in [2.45, 2.75) is 26.9 Å². The third kappa shape index (κ3) is 4.20. The molecular formula is C16H17ClN2O2. The number of amides is 1. The van der Waals surface area contributed by atoms with Crippen LogP contribution in [0.15, 0.2) is 36.5 Å². The van der Waals surface area contributed by atoms with E-state index in [0.29, 0.717) is 16.6 Å². The Balaban J connectivity index is 2.04. The molecule has 2 aromatic rings. The molecule has 1 heterocycles. The Morgan fingerprint density at radius 1 is 1.24 bits per heavy atom. The van der Waals surface area contributed by atoms with Gasteiger partial charge in [0.25, 0.3) is 5.91 Å². The van der Waals surface area contributed by atoms with E-state index in [4.69, 9.17) is 16.3 Å². The standard InChI is InChI=1S/C16H17ClN2O2/c1-10-4-5-13(17)14(8-10)21-12(3)16(20)19-15-9-11(2)6-7-18-15/h4-9,12H,1-3H3,(H,18,19,20). The summed E-state index contributed by atoms with van der Waals surface area (Å²) in [5.41, 5.74) is 2.04. The average Bonchev–Trinajstić information content (AvgIpc) is 2.43. The van der Waals surface area contributed by atoms with Crippen molar-refractivity contribution in [2.24, 2.45) is 0 Å². The van der Waals surface area contributed by atoms with E-state index in [1.807, 2.05) is 26.0 Å². The topological polar surface area (TPSA) is 51.2 Å². The van der Waals surface area contributed by atoms with Crippen molar-refractivity contribution in [3.8, 4) is 5.75 Å². The summed E-state index contributed by atoms with van der Waals surface area (Å²) in [4.78, 5) is 16.2. The molecule has 0 bridgehead atoms. The highest BCUT2D eigenvalue weighted by Gasteiger charge is 2.16. The van der Waals surface area contributed by atoms with E-state index in [2.05, 4.69) is 10.3 Å². The third-order valence-corrected chi connectivity index (χ3v) is 3.24. The Bertz CT molecular complexity index is 658. The number of carbonyl (C=O) groups excluding carboxylic acids is 1. The maximum atomic E-state index is 12.1. The van der Waals surface area contributed by atoms with Crippen LogP contribution in [0.4, 0.5) is 5.82 Å². The van der Waals surface area contributed by atoms with Gasteiger partial charge in [-0.25, -0.2) is 4.98 Å². The van der Waals surface area contributed by atoms with Crippen molar-refractivity contribution in [1.82, 2.24) is 4.98 Å². The molecule has 5 heteroatoms. The van der Waals surface area contributed by atoms with Crippen molar-refractivity contribution >= 4 is 23.3 Å². The van der Waals surface area contributed by atoms with Gasteiger partial charge in [0.15, 0.2) is 6.10 Å². The lowest BCUT2D eigenvalue weighted by Gasteiger charge is -2.16. The predicted octanol–water partition coefficient (Wildman–Crippen LogP) is 3.76. The number of pyridine rings is 1. The predicted molar refractivity (Wildman–Crippen MR) is 83.9 cm³/mol. The summed E-state index contributed by atoms with van der Waals surface area (Å²) in [5, 5.41) is 3.20. The van der Waals surface area contributed by atoms with E-state index >= 15 is 0 Å². The van der Waals surface area contributed by atoms with E-state index < -0.39 is 6.10 Å². The molecule has 4 nitrogen and oxygen atoms in total. The molecule has 1 N–H and O–H groups in total. The van der Waals surface area contributed by atoms with Crippen LogP contribution in [0, 0.1) is 13.8 Å². The second kappa shape index (κ2) is 6.59. The molecule has 110 valence electrons. The smallest absolute Gasteiger partial charge is 0.266 e. The molecule has 0 aliphatic carbocycles. The molecule has 0 aliphatic heterocycles. The summed E-state index contributed by atoms with van der Waals surface area (Å²) in [5.74, 6) is 0.730. The molecule has 0 radical (unpaired) electrons. The number of nitrogens with one attached hydrogen (secondary N) is 1. The number of aryl methyl sites for hydroxylation is 2. The summed E-state index contributed by atoms with van der Waals surface area (Å²) in [6.07, 6.45) is 0.972. The van der Waals surface area contributed by atoms with Gasteiger partial charge < -0.3 is 10.1 Å². The molecular weight excluding hydrogens is 288 g/mol. The number of carbonyl (C=O) groups is 1. The number of hydrogen-bond acceptors (Lipinski definition) is 3. The molecule has 0 aliphatic rings. The van der Waals surface area contributed by atoms with E-state index in [-0.39, 0.29) is 5.91 Å². The van der Waals surface area contributed by atoms with Crippen LogP contribution in [0.2, 0.25) is 5.02 Å². The molecule has 1 unspecified atom stereocenters. The summed E-state index contributed by atoms with van der Waals surface area (Å²) >= 11 is 6.06. The van der Waals surface area contributed by atoms with Gasteiger partial charge in [0, 0.05) is 6.20 Å². The van der Waals surface area contributed by atoms with E-state index in [1.54, 1.807) is 31.3 Å². The highest BCUT2D eigenvalue weighted by atomic mass is 35.5. The average molecular weight is 305 g/mol. The molecule has 1 amide bonds. The first-order valence-corrected chi connectivity index (χ1v) is 7.00. The molecule has 1 aromatic carbocycles. The first kappa shape index (κ1) is 15.3. The van der Waals surface area contributed by atoms with Crippen LogP contribution in [0.1, 0.15) is 18.1 Å². The maximum Gasteiger partial charge on any atom is 0.266 e. The normalized spacial score (nSPS) is 11.8. The summed E-state index contributed by atoms with van der Waals surface area (Å²) in [6.45, 7) is 5.54. The van der Waals surface area contributed by atoms with Gasteiger partial charge in [-0.15, -0.1) is 0 Å². The zero-order chi connectivity index (χ0) is 15.4. The van der Waals surface area contributed by atoms with E-state index in [0.717, 1.165) is 11.1 Å². The van der Waals surface area contributed by atoms with Crippen LogP contribution in [0.5, 0.6) is 5.75 Å². The van der Waals surface area contributed by atoms with Gasteiger partial charge in [0.05, 0.1) is 5.02 Å². The first-order valence-electron chi connectivity index (χ1n) is 6.62. The largest absolute Gasteiger partial charge is 0.479 e. The Hall–Kier alpha value is -2.07. The lowest BCUT2D eigenvalue weighted by atomic mass is 10.2. The molecule has 2 rings (SSSR count). The van der Waals surface area contributed by atoms with Crippen molar-refractivity contribution < 1.29 is 9.53 Å². The maximum absolute atomic E-state index is 12.1. The van der Waals surface area contributed by atoms with Gasteiger partial charge in [0.1, 0.15) is 11.6 Å². The third-order valence-electron chi connectivity index (χ3n) is 2.93. The minimum Gasteiger partial charge on any atom is -0.479 e. The number of hydrogen-bond donors (Lipinski definition) is 1. The first-order chi connectivity index (χ1) is 9.95. The summed E-state index contributed by atoms with van der Waals surface area (Å²) < 4.78 is 5.62. The van der Waals surface area contributed by atoms with Crippen LogP contribution < -0.4 is 10.1 Å². The molecule has 1 atom stereocenters. The Kier molecular flexibility index (Phi) is 4.81. The van der Waals surface area contributed by atoms with Crippen LogP contribution in [0.25, 0.3) is 0 Å². The van der Waals surface area contributed by atoms with Crippen molar-refractivity contribution in [3.05, 3.63) is 52.7 Å². The molecule has 0 saturated carbocycles. The van der Waals surface area contributed by atoms with Gasteiger partial charge in [-0.2, -0.15) is 0 Å². The molecule has 0 saturated heterocycles.